The van der Waals surface area contributed by atoms with Gasteiger partial charge in [0.15, 0.2) is 0 Å². The van der Waals surface area contributed by atoms with Crippen molar-refractivity contribution >= 4 is 11.3 Å². The molecular weight excluding hydrogens is 278 g/mol. The number of piperidine rings is 1. The van der Waals surface area contributed by atoms with Crippen molar-refractivity contribution in [3.8, 4) is 0 Å². The van der Waals surface area contributed by atoms with Gasteiger partial charge in [-0.1, -0.05) is 6.42 Å². The van der Waals surface area contributed by atoms with Crippen molar-refractivity contribution in [2.75, 3.05) is 40.3 Å². The molecule has 2 aliphatic heterocycles. The molecule has 0 amide bonds. The molecule has 0 radical (unpaired) electrons. The van der Waals surface area contributed by atoms with Gasteiger partial charge >= 0.3 is 0 Å². The molecule has 0 saturated carbocycles. The smallest absolute Gasteiger partial charge is 0.0328 e. The number of nitrogens with zero attached hydrogens (tertiary/aromatic N) is 3. The molecule has 1 aromatic heterocycles. The summed E-state index contributed by atoms with van der Waals surface area (Å²) in [7, 11) is 4.52. The zero-order valence-electron chi connectivity index (χ0n) is 13.6. The first-order valence-corrected chi connectivity index (χ1v) is 9.26. The van der Waals surface area contributed by atoms with Crippen molar-refractivity contribution in [1.82, 2.24) is 14.7 Å². The lowest BCUT2D eigenvalue weighted by Gasteiger charge is -2.26. The van der Waals surface area contributed by atoms with Gasteiger partial charge < -0.3 is 4.90 Å². The summed E-state index contributed by atoms with van der Waals surface area (Å²) >= 11 is 1.94. The molecule has 1 unspecified atom stereocenters. The Kier molecular flexibility index (Phi) is 5.33. The van der Waals surface area contributed by atoms with Crippen LogP contribution in [0.25, 0.3) is 0 Å². The Morgan fingerprint density at radius 1 is 1.24 bits per heavy atom. The molecule has 0 N–H and O–H groups in total. The van der Waals surface area contributed by atoms with Crippen molar-refractivity contribution < 1.29 is 0 Å². The fourth-order valence-corrected chi connectivity index (χ4v) is 4.56. The molecule has 21 heavy (non-hydrogen) atoms. The topological polar surface area (TPSA) is 9.72 Å². The highest BCUT2D eigenvalue weighted by Gasteiger charge is 2.23. The van der Waals surface area contributed by atoms with Crippen molar-refractivity contribution in [2.45, 2.75) is 44.8 Å². The van der Waals surface area contributed by atoms with Crippen molar-refractivity contribution in [2.24, 2.45) is 0 Å². The van der Waals surface area contributed by atoms with Gasteiger partial charge in [0.1, 0.15) is 0 Å². The van der Waals surface area contributed by atoms with Crippen LogP contribution in [0.2, 0.25) is 0 Å². The molecule has 0 aliphatic carbocycles. The van der Waals surface area contributed by atoms with Crippen molar-refractivity contribution in [3.05, 3.63) is 21.9 Å². The van der Waals surface area contributed by atoms with Gasteiger partial charge in [0, 0.05) is 30.6 Å². The number of rotatable bonds is 5. The maximum absolute atomic E-state index is 2.62. The number of likely N-dealkylation sites (N-methyl/N-ethyl adjacent to an activating group) is 2. The molecular formula is C17H29N3S. The third kappa shape index (κ3) is 4.28. The first-order chi connectivity index (χ1) is 10.2. The summed E-state index contributed by atoms with van der Waals surface area (Å²) in [5.41, 5.74) is 1.52. The molecule has 1 atom stereocenters. The Morgan fingerprint density at radius 2 is 2.05 bits per heavy atom. The molecule has 0 spiro atoms. The standard InChI is InChI=1S/C17H29N3S/c1-18-9-6-16(12-18)19(2)13-17-10-15(14-21-17)11-20-7-4-3-5-8-20/h10,14,16H,3-9,11-13H2,1-2H3. The zero-order chi connectivity index (χ0) is 14.7. The molecule has 2 fully saturated rings. The fraction of sp³-hybridized carbons (Fsp3) is 0.765. The maximum atomic E-state index is 2.62. The number of hydrogen-bond donors (Lipinski definition) is 0. The summed E-state index contributed by atoms with van der Waals surface area (Å²) < 4.78 is 0. The van der Waals surface area contributed by atoms with E-state index >= 15 is 0 Å². The van der Waals surface area contributed by atoms with Crippen LogP contribution in [0.3, 0.4) is 0 Å². The van der Waals surface area contributed by atoms with E-state index in [-0.39, 0.29) is 0 Å². The van der Waals surface area contributed by atoms with Gasteiger partial charge in [-0.25, -0.2) is 0 Å². The predicted molar refractivity (Wildman–Crippen MR) is 90.8 cm³/mol. The molecule has 2 saturated heterocycles. The summed E-state index contributed by atoms with van der Waals surface area (Å²) in [6, 6.07) is 3.18. The molecule has 3 heterocycles. The summed E-state index contributed by atoms with van der Waals surface area (Å²) in [5, 5.41) is 2.37. The highest BCUT2D eigenvalue weighted by molar-refractivity contribution is 7.10. The third-order valence-corrected chi connectivity index (χ3v) is 5.93. The molecule has 0 aromatic carbocycles. The van der Waals surface area contributed by atoms with E-state index in [4.69, 9.17) is 0 Å². The Balaban J connectivity index is 1.50. The molecule has 1 aromatic rings. The van der Waals surface area contributed by atoms with Crippen LogP contribution in [0.4, 0.5) is 0 Å². The highest BCUT2D eigenvalue weighted by atomic mass is 32.1. The predicted octanol–water partition coefficient (Wildman–Crippen LogP) is 2.87. The lowest BCUT2D eigenvalue weighted by Crippen LogP contribution is -2.33. The number of thiophene rings is 1. The quantitative estimate of drug-likeness (QED) is 0.828. The lowest BCUT2D eigenvalue weighted by molar-refractivity contribution is 0.220. The van der Waals surface area contributed by atoms with Crippen molar-refractivity contribution in [3.63, 3.8) is 0 Å². The van der Waals surface area contributed by atoms with E-state index in [2.05, 4.69) is 40.2 Å². The first kappa shape index (κ1) is 15.5. The minimum atomic E-state index is 0.739. The minimum absolute atomic E-state index is 0.739. The number of likely N-dealkylation sites (tertiary alicyclic amines) is 2. The van der Waals surface area contributed by atoms with Gasteiger partial charge in [0.25, 0.3) is 0 Å². The lowest BCUT2D eigenvalue weighted by atomic mass is 10.1. The van der Waals surface area contributed by atoms with Gasteiger partial charge in [-0.05, 0) is 70.0 Å². The van der Waals surface area contributed by atoms with Crippen LogP contribution in [0, 0.1) is 0 Å². The highest BCUT2D eigenvalue weighted by Crippen LogP contribution is 2.22. The van der Waals surface area contributed by atoms with Gasteiger partial charge in [-0.15, -0.1) is 11.3 Å². The first-order valence-electron chi connectivity index (χ1n) is 8.38. The third-order valence-electron chi connectivity index (χ3n) is 4.96. The van der Waals surface area contributed by atoms with E-state index in [0.717, 1.165) is 19.1 Å². The normalized spacial score (nSPS) is 25.0. The van der Waals surface area contributed by atoms with Crippen LogP contribution in [-0.2, 0) is 13.1 Å². The average molecular weight is 308 g/mol. The second-order valence-corrected chi connectivity index (χ2v) is 7.87. The summed E-state index contributed by atoms with van der Waals surface area (Å²) in [4.78, 5) is 9.13. The van der Waals surface area contributed by atoms with Crippen LogP contribution < -0.4 is 0 Å². The molecule has 3 nitrogen and oxygen atoms in total. The monoisotopic (exact) mass is 307 g/mol. The van der Waals surface area contributed by atoms with Gasteiger partial charge in [0.2, 0.25) is 0 Å². The molecule has 0 bridgehead atoms. The molecule has 118 valence electrons. The van der Waals surface area contributed by atoms with Crippen LogP contribution in [0.5, 0.6) is 0 Å². The van der Waals surface area contributed by atoms with E-state index < -0.39 is 0 Å². The Labute approximate surface area is 133 Å². The van der Waals surface area contributed by atoms with Crippen LogP contribution >= 0.6 is 11.3 Å². The largest absolute Gasteiger partial charge is 0.305 e. The van der Waals surface area contributed by atoms with E-state index in [1.165, 1.54) is 62.3 Å². The van der Waals surface area contributed by atoms with Crippen molar-refractivity contribution in [1.29, 1.82) is 0 Å². The minimum Gasteiger partial charge on any atom is -0.305 e. The second kappa shape index (κ2) is 7.23. The van der Waals surface area contributed by atoms with E-state index in [9.17, 15) is 0 Å². The average Bonchev–Trinajstić information content (AvgIpc) is 3.09. The van der Waals surface area contributed by atoms with Gasteiger partial charge in [-0.2, -0.15) is 0 Å². The summed E-state index contributed by atoms with van der Waals surface area (Å²) in [5.74, 6) is 0. The van der Waals surface area contributed by atoms with E-state index in [1.807, 2.05) is 11.3 Å². The molecule has 4 heteroatoms. The van der Waals surface area contributed by atoms with Crippen LogP contribution in [-0.4, -0.2) is 61.0 Å². The SMILES string of the molecule is CN1CCC(N(C)Cc2cc(CN3CCCCC3)cs2)C1. The zero-order valence-corrected chi connectivity index (χ0v) is 14.4. The van der Waals surface area contributed by atoms with Crippen LogP contribution in [0.1, 0.15) is 36.1 Å². The number of hydrogen-bond acceptors (Lipinski definition) is 4. The Hall–Kier alpha value is -0.420. The van der Waals surface area contributed by atoms with Gasteiger partial charge in [0.05, 0.1) is 0 Å². The van der Waals surface area contributed by atoms with E-state index in [1.54, 1.807) is 0 Å². The fourth-order valence-electron chi connectivity index (χ4n) is 3.61. The van der Waals surface area contributed by atoms with E-state index in [0.29, 0.717) is 0 Å². The van der Waals surface area contributed by atoms with Gasteiger partial charge in [-0.3, -0.25) is 9.80 Å². The summed E-state index contributed by atoms with van der Waals surface area (Å²) in [6.07, 6.45) is 5.51. The maximum Gasteiger partial charge on any atom is 0.0328 e. The van der Waals surface area contributed by atoms with Crippen LogP contribution in [0.15, 0.2) is 11.4 Å². The Bertz CT molecular complexity index is 439. The molecule has 3 rings (SSSR count). The summed E-state index contributed by atoms with van der Waals surface area (Å²) in [6.45, 7) is 7.33. The Morgan fingerprint density at radius 3 is 2.76 bits per heavy atom. The second-order valence-electron chi connectivity index (χ2n) is 6.88. The molecule has 2 aliphatic rings.